The van der Waals surface area contributed by atoms with Crippen LogP contribution in [-0.2, 0) is 32.9 Å². The zero-order chi connectivity index (χ0) is 37.7. The molecule has 0 fully saturated rings. The lowest BCUT2D eigenvalue weighted by Crippen LogP contribution is -2.29. The molecule has 1 aliphatic carbocycles. The molecule has 0 saturated carbocycles. The van der Waals surface area contributed by atoms with E-state index >= 15 is 0 Å². The van der Waals surface area contributed by atoms with Crippen LogP contribution in [0.25, 0.3) is 0 Å². The van der Waals surface area contributed by atoms with Crippen LogP contribution in [0.2, 0.25) is 0 Å². The van der Waals surface area contributed by atoms with Gasteiger partial charge in [0.05, 0.1) is 12.7 Å². The summed E-state index contributed by atoms with van der Waals surface area (Å²) in [5, 5.41) is 10.2. The molecule has 10 nitrogen and oxygen atoms in total. The second-order valence-corrected chi connectivity index (χ2v) is 15.4. The highest BCUT2D eigenvalue weighted by Crippen LogP contribution is 2.36. The number of esters is 2. The van der Waals surface area contributed by atoms with Gasteiger partial charge in [0, 0.05) is 18.8 Å². The predicted molar refractivity (Wildman–Crippen MR) is 202 cm³/mol. The maximum absolute atomic E-state index is 12.5. The number of ether oxygens (including phenoxy) is 2. The van der Waals surface area contributed by atoms with Crippen molar-refractivity contribution in [3.8, 4) is 0 Å². The van der Waals surface area contributed by atoms with E-state index in [1.165, 1.54) is 51.4 Å². The molecule has 0 aliphatic heterocycles. The van der Waals surface area contributed by atoms with Crippen LogP contribution in [-0.4, -0.2) is 58.0 Å². The topological polar surface area (TPSA) is 157 Å². The number of carbonyl (C=O) groups is 3. The van der Waals surface area contributed by atoms with Gasteiger partial charge in [-0.3, -0.25) is 18.9 Å². The third kappa shape index (κ3) is 26.3. The van der Waals surface area contributed by atoms with Gasteiger partial charge in [0.2, 0.25) is 0 Å². The van der Waals surface area contributed by atoms with Crippen molar-refractivity contribution in [1.82, 2.24) is 0 Å². The number of hydrogen-bond acceptors (Lipinski definition) is 8. The second-order valence-electron chi connectivity index (χ2n) is 14.2. The highest BCUT2D eigenvalue weighted by molar-refractivity contribution is 7.46. The minimum atomic E-state index is -4.81. The summed E-state index contributed by atoms with van der Waals surface area (Å²) in [6, 6.07) is 0. The molecule has 0 saturated heterocycles. The number of phosphoric ester groups is 1. The number of aliphatic hydroxyl groups excluding tert-OH is 1. The molecule has 0 spiro atoms. The van der Waals surface area contributed by atoms with E-state index in [0.717, 1.165) is 44.4 Å². The van der Waals surface area contributed by atoms with Crippen LogP contribution in [0.5, 0.6) is 0 Å². The first-order chi connectivity index (χ1) is 24.4. The SMILES string of the molecule is CCCCC[C@H](O)/C=C/[C@H]1C(=O)C=C[C@@H]1C/C=C\CCCC(=O)O[C@H](COC(=O)CCCCCCCCCCCCC(C)CC)COP(=O)(O)O. The first-order valence-corrected chi connectivity index (χ1v) is 21.3. The Morgan fingerprint density at radius 2 is 1.47 bits per heavy atom. The van der Waals surface area contributed by atoms with Crippen LogP contribution in [0.1, 0.15) is 156 Å². The molecule has 0 aromatic heterocycles. The Morgan fingerprint density at radius 1 is 0.843 bits per heavy atom. The molecule has 0 amide bonds. The fourth-order valence-corrected chi connectivity index (χ4v) is 6.35. The third-order valence-electron chi connectivity index (χ3n) is 9.45. The lowest BCUT2D eigenvalue weighted by Gasteiger charge is -2.18. The minimum absolute atomic E-state index is 0.0177. The highest BCUT2D eigenvalue weighted by atomic mass is 31.2. The molecule has 0 heterocycles. The number of hydrogen-bond donors (Lipinski definition) is 3. The smallest absolute Gasteiger partial charge is 0.462 e. The summed E-state index contributed by atoms with van der Waals surface area (Å²) in [5.74, 6) is -0.435. The van der Waals surface area contributed by atoms with E-state index in [4.69, 9.17) is 19.3 Å². The molecule has 0 aromatic carbocycles. The van der Waals surface area contributed by atoms with Crippen LogP contribution < -0.4 is 0 Å². The largest absolute Gasteiger partial charge is 0.469 e. The quantitative estimate of drug-likeness (QED) is 0.0263. The third-order valence-corrected chi connectivity index (χ3v) is 9.94. The molecule has 0 radical (unpaired) electrons. The van der Waals surface area contributed by atoms with Crippen LogP contribution in [0.15, 0.2) is 36.5 Å². The Labute approximate surface area is 308 Å². The fraction of sp³-hybridized carbons (Fsp3) is 0.775. The Balaban J connectivity index is 2.29. The van der Waals surface area contributed by atoms with Gasteiger partial charge >= 0.3 is 19.8 Å². The van der Waals surface area contributed by atoms with E-state index in [2.05, 4.69) is 25.3 Å². The normalized spacial score (nSPS) is 18.1. The predicted octanol–water partition coefficient (Wildman–Crippen LogP) is 9.26. The number of ketones is 1. The Morgan fingerprint density at radius 3 is 2.12 bits per heavy atom. The molecule has 294 valence electrons. The molecule has 1 aliphatic rings. The van der Waals surface area contributed by atoms with Crippen molar-refractivity contribution < 1.29 is 47.8 Å². The van der Waals surface area contributed by atoms with Gasteiger partial charge in [-0.15, -0.1) is 0 Å². The molecule has 3 N–H and O–H groups in total. The molecule has 1 rings (SSSR count). The number of rotatable bonds is 32. The average Bonchev–Trinajstić information content (AvgIpc) is 3.44. The van der Waals surface area contributed by atoms with Crippen molar-refractivity contribution in [1.29, 1.82) is 0 Å². The minimum Gasteiger partial charge on any atom is -0.462 e. The van der Waals surface area contributed by atoms with Gasteiger partial charge in [0.15, 0.2) is 11.9 Å². The van der Waals surface area contributed by atoms with Crippen LogP contribution in [0.4, 0.5) is 0 Å². The molecule has 51 heavy (non-hydrogen) atoms. The fourth-order valence-electron chi connectivity index (χ4n) is 5.99. The molecular weight excluding hydrogens is 671 g/mol. The van der Waals surface area contributed by atoms with E-state index in [-0.39, 0.29) is 37.1 Å². The summed E-state index contributed by atoms with van der Waals surface area (Å²) in [4.78, 5) is 55.2. The van der Waals surface area contributed by atoms with Crippen molar-refractivity contribution in [3.05, 3.63) is 36.5 Å². The first-order valence-electron chi connectivity index (χ1n) is 19.7. The molecule has 0 bridgehead atoms. The van der Waals surface area contributed by atoms with Gasteiger partial charge < -0.3 is 24.4 Å². The van der Waals surface area contributed by atoms with Crippen molar-refractivity contribution in [3.63, 3.8) is 0 Å². The molecular formula is C40H69O10P. The lowest BCUT2D eigenvalue weighted by molar-refractivity contribution is -0.161. The van der Waals surface area contributed by atoms with Crippen LogP contribution in [0.3, 0.4) is 0 Å². The Kier molecular flexibility index (Phi) is 27.0. The maximum Gasteiger partial charge on any atom is 0.469 e. The summed E-state index contributed by atoms with van der Waals surface area (Å²) in [5.41, 5.74) is 0. The molecule has 11 heteroatoms. The zero-order valence-corrected chi connectivity index (χ0v) is 32.7. The van der Waals surface area contributed by atoms with Gasteiger partial charge in [0.25, 0.3) is 0 Å². The molecule has 1 unspecified atom stereocenters. The second kappa shape index (κ2) is 29.4. The van der Waals surface area contributed by atoms with Crippen molar-refractivity contribution in [2.45, 2.75) is 168 Å². The zero-order valence-electron chi connectivity index (χ0n) is 31.8. The molecule has 0 aromatic rings. The summed E-state index contributed by atoms with van der Waals surface area (Å²) in [7, 11) is -4.81. The van der Waals surface area contributed by atoms with Crippen molar-refractivity contribution >= 4 is 25.5 Å². The van der Waals surface area contributed by atoms with E-state index in [9.17, 15) is 24.1 Å². The van der Waals surface area contributed by atoms with Gasteiger partial charge in [-0.2, -0.15) is 0 Å². The van der Waals surface area contributed by atoms with E-state index in [1.54, 1.807) is 12.2 Å². The maximum atomic E-state index is 12.5. The summed E-state index contributed by atoms with van der Waals surface area (Å²) in [6.07, 6.45) is 29.2. The van der Waals surface area contributed by atoms with Crippen molar-refractivity contribution in [2.24, 2.45) is 17.8 Å². The monoisotopic (exact) mass is 740 g/mol. The van der Waals surface area contributed by atoms with Gasteiger partial charge in [-0.25, -0.2) is 4.57 Å². The van der Waals surface area contributed by atoms with E-state index in [0.29, 0.717) is 32.1 Å². The van der Waals surface area contributed by atoms with Gasteiger partial charge in [-0.1, -0.05) is 141 Å². The first kappa shape index (κ1) is 46.9. The van der Waals surface area contributed by atoms with Crippen molar-refractivity contribution in [2.75, 3.05) is 13.2 Å². The van der Waals surface area contributed by atoms with Crippen LogP contribution in [0, 0.1) is 17.8 Å². The van der Waals surface area contributed by atoms with Crippen LogP contribution >= 0.6 is 7.82 Å². The number of phosphoric acid groups is 1. The Hall–Kier alpha value is -2.10. The summed E-state index contributed by atoms with van der Waals surface area (Å²) < 4.78 is 26.3. The number of aliphatic hydroxyl groups is 1. The lowest BCUT2D eigenvalue weighted by atomic mass is 9.90. The number of carbonyl (C=O) groups excluding carboxylic acids is 3. The average molecular weight is 741 g/mol. The molecule has 5 atom stereocenters. The Bertz CT molecular complexity index is 1080. The standard InChI is InChI=1S/C40H69O10P/c1-4-6-17-24-35(41)28-29-37-34(27-30-38(37)42)23-19-15-16-21-26-40(44)50-36(32-49-51(45,46)47)31-48-39(43)25-20-14-12-10-8-7-9-11-13-18-22-33(3)5-2/h15,19,27-30,33-37,41H,4-14,16-18,20-26,31-32H2,1-3H3,(H2,45,46,47)/b19-15-,29-28+/t33?,34-,35-,36+,37+/m0/s1. The van der Waals surface area contributed by atoms with E-state index < -0.39 is 38.6 Å². The highest BCUT2D eigenvalue weighted by Gasteiger charge is 2.27. The van der Waals surface area contributed by atoms with E-state index in [1.807, 2.05) is 24.3 Å². The number of allylic oxidation sites excluding steroid dienone is 5. The number of unbranched alkanes of at least 4 members (excludes halogenated alkanes) is 12. The van der Waals surface area contributed by atoms with Gasteiger partial charge in [0.1, 0.15) is 6.61 Å². The summed E-state index contributed by atoms with van der Waals surface area (Å²) >= 11 is 0. The summed E-state index contributed by atoms with van der Waals surface area (Å²) in [6.45, 7) is 5.74. The van der Waals surface area contributed by atoms with Gasteiger partial charge in [-0.05, 0) is 50.0 Å².